The Kier molecular flexibility index (Phi) is 6.42. The van der Waals surface area contributed by atoms with Gasteiger partial charge in [-0.25, -0.2) is 0 Å². The summed E-state index contributed by atoms with van der Waals surface area (Å²) < 4.78 is 0. The van der Waals surface area contributed by atoms with Crippen molar-refractivity contribution in [2.45, 2.75) is 116 Å². The predicted octanol–water partition coefficient (Wildman–Crippen LogP) is 3.42. The topological polar surface area (TPSA) is 101 Å². The molecule has 3 fully saturated rings. The van der Waals surface area contributed by atoms with Crippen LogP contribution in [-0.4, -0.2) is 55.5 Å². The maximum Gasteiger partial charge on any atom is 0.0784 e. The summed E-state index contributed by atoms with van der Waals surface area (Å²) >= 11 is 0. The van der Waals surface area contributed by atoms with Crippen LogP contribution in [0.3, 0.4) is 0 Å². The standard InChI is InChI=1S/C27H46O5/c1-15(2)20(29)7-6-16(3)18-13-21(30)24-26(18,5)11-9-23-25(4)10-8-17(28)12-19(25)22(31)14-27(23,24)32/h12,15-18,20-24,28-32H,6-11,13-14H2,1-5H3/t16-,17?,18-,20?,21?,22?,23-,24-,25+,26-,27+/m1/s1. The van der Waals surface area contributed by atoms with Gasteiger partial charge in [-0.15, -0.1) is 0 Å². The Labute approximate surface area is 193 Å². The lowest BCUT2D eigenvalue weighted by Crippen LogP contribution is -2.66. The number of fused-ring (bicyclic) bond motifs is 5. The summed E-state index contributed by atoms with van der Waals surface area (Å²) in [5.41, 5.74) is -0.725. The third-order valence-corrected chi connectivity index (χ3v) is 10.6. The highest BCUT2D eigenvalue weighted by molar-refractivity contribution is 5.32. The van der Waals surface area contributed by atoms with E-state index in [0.717, 1.165) is 37.7 Å². The Bertz CT molecular complexity index is 736. The van der Waals surface area contributed by atoms with Crippen molar-refractivity contribution in [3.63, 3.8) is 0 Å². The van der Waals surface area contributed by atoms with Gasteiger partial charge in [0.05, 0.1) is 30.0 Å². The first-order valence-electron chi connectivity index (χ1n) is 13.0. The zero-order chi connectivity index (χ0) is 23.6. The summed E-state index contributed by atoms with van der Waals surface area (Å²) in [6.45, 7) is 10.7. The van der Waals surface area contributed by atoms with Crippen molar-refractivity contribution < 1.29 is 25.5 Å². The molecule has 5 nitrogen and oxygen atoms in total. The number of hydrogen-bond acceptors (Lipinski definition) is 5. The molecule has 4 aliphatic carbocycles. The Morgan fingerprint density at radius 2 is 1.72 bits per heavy atom. The van der Waals surface area contributed by atoms with Crippen molar-refractivity contribution in [2.75, 3.05) is 0 Å². The molecule has 0 radical (unpaired) electrons. The van der Waals surface area contributed by atoms with Crippen LogP contribution in [0, 0.1) is 40.4 Å². The van der Waals surface area contributed by atoms with Crippen LogP contribution >= 0.6 is 0 Å². The van der Waals surface area contributed by atoms with Crippen molar-refractivity contribution >= 4 is 0 Å². The highest BCUT2D eigenvalue weighted by Gasteiger charge is 2.69. The lowest BCUT2D eigenvalue weighted by molar-refractivity contribution is -0.221. The van der Waals surface area contributed by atoms with E-state index < -0.39 is 23.9 Å². The van der Waals surface area contributed by atoms with Gasteiger partial charge in [0.25, 0.3) is 0 Å². The van der Waals surface area contributed by atoms with Gasteiger partial charge in [0.15, 0.2) is 0 Å². The third kappa shape index (κ3) is 3.62. The third-order valence-electron chi connectivity index (χ3n) is 10.6. The van der Waals surface area contributed by atoms with E-state index in [1.165, 1.54) is 0 Å². The SMILES string of the molecule is CC(C)C(O)CC[C@@H](C)[C@H]1CC(O)[C@@H]2[C@]1(C)CC[C@H]1[C@@]2(O)CC(O)C2=CC(O)CC[C@@]21C. The van der Waals surface area contributed by atoms with Crippen LogP contribution in [0.2, 0.25) is 0 Å². The van der Waals surface area contributed by atoms with Gasteiger partial charge in [0.1, 0.15) is 0 Å². The Balaban J connectivity index is 1.62. The summed E-state index contributed by atoms with van der Waals surface area (Å²) in [6.07, 6.45) is 5.54. The van der Waals surface area contributed by atoms with Crippen LogP contribution in [0.4, 0.5) is 0 Å². The van der Waals surface area contributed by atoms with Crippen LogP contribution in [0.15, 0.2) is 11.6 Å². The molecule has 4 aliphatic rings. The van der Waals surface area contributed by atoms with E-state index in [9.17, 15) is 25.5 Å². The molecule has 3 saturated carbocycles. The lowest BCUT2D eigenvalue weighted by atomic mass is 9.43. The second-order valence-corrected chi connectivity index (χ2v) is 12.7. The lowest BCUT2D eigenvalue weighted by Gasteiger charge is -2.64. The minimum absolute atomic E-state index is 0.0123. The summed E-state index contributed by atoms with van der Waals surface area (Å²) in [4.78, 5) is 0. The van der Waals surface area contributed by atoms with E-state index in [2.05, 4.69) is 20.8 Å². The fourth-order valence-electron chi connectivity index (χ4n) is 8.85. The largest absolute Gasteiger partial charge is 0.393 e. The summed E-state index contributed by atoms with van der Waals surface area (Å²) in [5.74, 6) is 0.633. The van der Waals surface area contributed by atoms with Crippen molar-refractivity contribution in [3.8, 4) is 0 Å². The van der Waals surface area contributed by atoms with Crippen LogP contribution < -0.4 is 0 Å². The molecule has 0 aliphatic heterocycles. The average molecular weight is 451 g/mol. The molecule has 5 N–H and O–H groups in total. The molecule has 0 aromatic heterocycles. The molecular formula is C27H46O5. The molecule has 4 unspecified atom stereocenters. The van der Waals surface area contributed by atoms with E-state index in [0.29, 0.717) is 24.7 Å². The van der Waals surface area contributed by atoms with Gasteiger partial charge in [0.2, 0.25) is 0 Å². The molecule has 0 aromatic rings. The Morgan fingerprint density at radius 3 is 2.38 bits per heavy atom. The zero-order valence-electron chi connectivity index (χ0n) is 20.7. The van der Waals surface area contributed by atoms with E-state index in [-0.39, 0.29) is 41.1 Å². The minimum atomic E-state index is -1.11. The van der Waals surface area contributed by atoms with Crippen LogP contribution in [0.25, 0.3) is 0 Å². The normalized spacial score (nSPS) is 50.3. The Hall–Kier alpha value is -0.460. The minimum Gasteiger partial charge on any atom is -0.393 e. The first-order chi connectivity index (χ1) is 14.8. The molecule has 184 valence electrons. The summed E-state index contributed by atoms with van der Waals surface area (Å²) in [6, 6.07) is 0. The van der Waals surface area contributed by atoms with Gasteiger partial charge < -0.3 is 25.5 Å². The van der Waals surface area contributed by atoms with Crippen LogP contribution in [0.1, 0.15) is 86.0 Å². The maximum absolute atomic E-state index is 12.3. The smallest absolute Gasteiger partial charge is 0.0784 e. The van der Waals surface area contributed by atoms with E-state index in [4.69, 9.17) is 0 Å². The van der Waals surface area contributed by atoms with Crippen LogP contribution in [-0.2, 0) is 0 Å². The molecule has 0 saturated heterocycles. The van der Waals surface area contributed by atoms with Crippen molar-refractivity contribution in [1.82, 2.24) is 0 Å². The summed E-state index contributed by atoms with van der Waals surface area (Å²) in [7, 11) is 0. The number of aliphatic hydroxyl groups excluding tert-OH is 4. The second-order valence-electron chi connectivity index (χ2n) is 12.7. The molecule has 0 heterocycles. The molecule has 11 atom stereocenters. The van der Waals surface area contributed by atoms with Gasteiger partial charge in [-0.3, -0.25) is 0 Å². The highest BCUT2D eigenvalue weighted by atomic mass is 16.3. The van der Waals surface area contributed by atoms with E-state index in [1.54, 1.807) is 0 Å². The van der Waals surface area contributed by atoms with Gasteiger partial charge in [0, 0.05) is 12.3 Å². The fraction of sp³-hybridized carbons (Fsp3) is 0.926. The van der Waals surface area contributed by atoms with Gasteiger partial charge in [-0.2, -0.15) is 0 Å². The predicted molar refractivity (Wildman–Crippen MR) is 125 cm³/mol. The molecule has 0 amide bonds. The monoisotopic (exact) mass is 450 g/mol. The van der Waals surface area contributed by atoms with Crippen molar-refractivity contribution in [1.29, 1.82) is 0 Å². The molecule has 32 heavy (non-hydrogen) atoms. The fourth-order valence-corrected chi connectivity index (χ4v) is 8.85. The molecule has 4 rings (SSSR count). The maximum atomic E-state index is 12.3. The second kappa shape index (κ2) is 8.34. The zero-order valence-corrected chi connectivity index (χ0v) is 20.7. The first-order valence-corrected chi connectivity index (χ1v) is 13.0. The number of hydrogen-bond donors (Lipinski definition) is 5. The highest BCUT2D eigenvalue weighted by Crippen LogP contribution is 2.69. The number of rotatable bonds is 5. The molecular weight excluding hydrogens is 404 g/mol. The summed E-state index contributed by atoms with van der Waals surface area (Å²) in [5, 5.41) is 55.2. The van der Waals surface area contributed by atoms with E-state index in [1.807, 2.05) is 19.9 Å². The Morgan fingerprint density at radius 1 is 1.03 bits per heavy atom. The van der Waals surface area contributed by atoms with Crippen LogP contribution in [0.5, 0.6) is 0 Å². The quantitative estimate of drug-likeness (QED) is 0.413. The van der Waals surface area contributed by atoms with Gasteiger partial charge in [-0.05, 0) is 85.0 Å². The molecule has 5 heteroatoms. The molecule has 0 aromatic carbocycles. The van der Waals surface area contributed by atoms with Crippen molar-refractivity contribution in [2.24, 2.45) is 40.4 Å². The number of aliphatic hydroxyl groups is 5. The van der Waals surface area contributed by atoms with Gasteiger partial charge in [-0.1, -0.05) is 40.7 Å². The molecule has 0 spiro atoms. The van der Waals surface area contributed by atoms with Crippen molar-refractivity contribution in [3.05, 3.63) is 11.6 Å². The van der Waals surface area contributed by atoms with E-state index >= 15 is 0 Å². The molecule has 0 bridgehead atoms. The first kappa shape index (κ1) is 24.7. The average Bonchev–Trinajstić information content (AvgIpc) is 2.98. The van der Waals surface area contributed by atoms with Gasteiger partial charge >= 0.3 is 0 Å².